The number of carboxylic acid groups (broad SMARTS) is 1. The molecule has 0 heterocycles. The normalized spacial score (nSPS) is 6.43. The van der Waals surface area contributed by atoms with Gasteiger partial charge in [-0.15, -0.1) is 0 Å². The first-order valence-electron chi connectivity index (χ1n) is 1.53. The van der Waals surface area contributed by atoms with Gasteiger partial charge in [0.1, 0.15) is 0 Å². The number of hydrogen-bond donors (Lipinski definition) is 1. The van der Waals surface area contributed by atoms with Gasteiger partial charge in [-0.05, 0) is 6.92 Å². The molecular weight excluding hydrogens is 220 g/mol. The fourth-order valence-corrected chi connectivity index (χ4v) is 0. The third kappa shape index (κ3) is 6.59. The molecule has 7 heavy (non-hydrogen) atoms. The van der Waals surface area contributed by atoms with E-state index in [0.717, 1.165) is 0 Å². The van der Waals surface area contributed by atoms with Gasteiger partial charge < -0.3 is 5.11 Å². The Morgan fingerprint density at radius 2 is 1.86 bits per heavy atom. The largest absolute Gasteiger partial charge is 0.478 e. The van der Waals surface area contributed by atoms with Gasteiger partial charge in [-0.3, -0.25) is 0 Å². The van der Waals surface area contributed by atoms with E-state index in [-0.39, 0.29) is 47.3 Å². The van der Waals surface area contributed by atoms with E-state index in [1.807, 2.05) is 0 Å². The minimum atomic E-state index is -0.935. The van der Waals surface area contributed by atoms with E-state index in [1.165, 1.54) is 6.92 Å². The number of hydrogen-bond acceptors (Lipinski definition) is 1. The summed E-state index contributed by atoms with van der Waals surface area (Å²) >= 11 is 0. The molecule has 0 rings (SSSR count). The molecule has 0 radical (unpaired) electrons. The van der Waals surface area contributed by atoms with Gasteiger partial charge in [-0.25, -0.2) is 4.79 Å². The van der Waals surface area contributed by atoms with Crippen LogP contribution in [0.3, 0.4) is 0 Å². The second-order valence-electron chi connectivity index (χ2n) is 1.09. The van der Waals surface area contributed by atoms with Gasteiger partial charge in [0.2, 0.25) is 0 Å². The van der Waals surface area contributed by atoms with Crippen LogP contribution in [0.25, 0.3) is 0 Å². The minimum Gasteiger partial charge on any atom is -0.478 e. The second-order valence-corrected chi connectivity index (χ2v) is 1.09. The molecule has 1 N–H and O–H groups in total. The van der Waals surface area contributed by atoms with Gasteiger partial charge in [0.05, 0.1) is 0 Å². The zero-order valence-corrected chi connectivity index (χ0v) is 7.20. The average Bonchev–Trinajstić information content (AvgIpc) is 1.36. The zero-order valence-electron chi connectivity index (χ0n) is 4.06. The van der Waals surface area contributed by atoms with Crippen LogP contribution in [0.2, 0.25) is 0 Å². The maximum atomic E-state index is 9.60. The van der Waals surface area contributed by atoms with E-state index in [1.54, 1.807) is 0 Å². The van der Waals surface area contributed by atoms with Crippen molar-refractivity contribution in [2.75, 3.05) is 0 Å². The van der Waals surface area contributed by atoms with Crippen molar-refractivity contribution in [3.63, 3.8) is 0 Å². The van der Waals surface area contributed by atoms with Gasteiger partial charge in [-0.2, -0.15) is 0 Å². The molecule has 0 saturated carbocycles. The fraction of sp³-hybridized carbons (Fsp3) is 0.250. The van der Waals surface area contributed by atoms with Crippen LogP contribution in [0.5, 0.6) is 0 Å². The van der Waals surface area contributed by atoms with Crippen molar-refractivity contribution >= 4 is 5.97 Å². The van der Waals surface area contributed by atoms with Crippen LogP contribution < -0.4 is 0 Å². The monoisotopic (exact) mass is 226 g/mol. The maximum Gasteiger partial charge on any atom is 0.330 e. The van der Waals surface area contributed by atoms with Crippen LogP contribution in [-0.4, -0.2) is 11.1 Å². The Morgan fingerprint density at radius 1 is 1.71 bits per heavy atom. The Hall–Kier alpha value is 0.587. The van der Waals surface area contributed by atoms with Gasteiger partial charge in [-0.1, -0.05) is 6.58 Å². The predicted molar refractivity (Wildman–Crippen MR) is 22.4 cm³/mol. The summed E-state index contributed by atoms with van der Waals surface area (Å²) in [6.07, 6.45) is 0. The predicted octanol–water partition coefficient (Wildman–Crippen LogP) is 0.647. The molecule has 0 aliphatic carbocycles. The summed E-state index contributed by atoms with van der Waals surface area (Å²) in [5.74, 6) is -0.935. The third-order valence-electron chi connectivity index (χ3n) is 0.365. The van der Waals surface area contributed by atoms with Gasteiger partial charge >= 0.3 is 5.97 Å². The van der Waals surface area contributed by atoms with Gasteiger partial charge in [0.25, 0.3) is 0 Å². The third-order valence-corrected chi connectivity index (χ3v) is 0.365. The summed E-state index contributed by atoms with van der Waals surface area (Å²) in [6, 6.07) is 0. The van der Waals surface area contributed by atoms with Crippen LogP contribution >= 0.6 is 0 Å². The minimum absolute atomic E-state index is 0. The molecule has 0 aromatic heterocycles. The van der Waals surface area contributed by atoms with Crippen LogP contribution in [0.15, 0.2) is 12.2 Å². The van der Waals surface area contributed by atoms with Crippen molar-refractivity contribution in [1.29, 1.82) is 0 Å². The Balaban J connectivity index is 0. The molecule has 0 amide bonds. The molecule has 0 atom stereocenters. The van der Waals surface area contributed by atoms with Crippen molar-refractivity contribution in [2.24, 2.45) is 0 Å². The Kier molecular flexibility index (Phi) is 7.14. The first-order chi connectivity index (χ1) is 2.64. The molecular formula is C4H6CeO2. The molecule has 0 bridgehead atoms. The van der Waals surface area contributed by atoms with Crippen molar-refractivity contribution in [2.45, 2.75) is 6.92 Å². The summed E-state index contributed by atoms with van der Waals surface area (Å²) < 4.78 is 0. The molecule has 0 aromatic rings. The molecule has 0 aromatic carbocycles. The summed E-state index contributed by atoms with van der Waals surface area (Å²) in [4.78, 5) is 9.60. The van der Waals surface area contributed by atoms with E-state index in [4.69, 9.17) is 5.11 Å². The molecule has 0 aliphatic heterocycles. The summed E-state index contributed by atoms with van der Waals surface area (Å²) in [6.45, 7) is 4.60. The molecule has 0 unspecified atom stereocenters. The molecule has 2 nitrogen and oxygen atoms in total. The van der Waals surface area contributed by atoms with Crippen LogP contribution in [0.1, 0.15) is 6.92 Å². The summed E-state index contributed by atoms with van der Waals surface area (Å²) in [7, 11) is 0. The molecule has 0 fully saturated rings. The zero-order chi connectivity index (χ0) is 5.15. The van der Waals surface area contributed by atoms with Crippen LogP contribution in [0, 0.1) is 41.7 Å². The SMILES string of the molecule is C=C(C)C(=O)O.[Ce]. The van der Waals surface area contributed by atoms with Crippen molar-refractivity contribution in [3.8, 4) is 0 Å². The number of aliphatic carboxylic acids is 1. The summed E-state index contributed by atoms with van der Waals surface area (Å²) in [5.41, 5.74) is 0.176. The first-order valence-corrected chi connectivity index (χ1v) is 1.53. The van der Waals surface area contributed by atoms with E-state index in [2.05, 4.69) is 6.58 Å². The quantitative estimate of drug-likeness (QED) is 0.666. The Labute approximate surface area is 76.0 Å². The van der Waals surface area contributed by atoms with Crippen LogP contribution in [0.4, 0.5) is 0 Å². The molecule has 38 valence electrons. The van der Waals surface area contributed by atoms with Crippen LogP contribution in [-0.2, 0) is 4.79 Å². The molecule has 0 aliphatic rings. The molecule has 0 saturated heterocycles. The fourth-order valence-electron chi connectivity index (χ4n) is 0. The van der Waals surface area contributed by atoms with Crippen molar-refractivity contribution in [1.82, 2.24) is 0 Å². The number of rotatable bonds is 1. The molecule has 3 heteroatoms. The Morgan fingerprint density at radius 3 is 1.86 bits per heavy atom. The Bertz CT molecular complexity index is 75.7. The standard InChI is InChI=1S/C4H6O2.Ce/c1-3(2)4(5)6;/h1H2,2H3,(H,5,6);. The summed E-state index contributed by atoms with van der Waals surface area (Å²) in [5, 5.41) is 7.89. The van der Waals surface area contributed by atoms with Crippen molar-refractivity contribution in [3.05, 3.63) is 12.2 Å². The van der Waals surface area contributed by atoms with E-state index >= 15 is 0 Å². The maximum absolute atomic E-state index is 9.60. The smallest absolute Gasteiger partial charge is 0.330 e. The van der Waals surface area contributed by atoms with E-state index in [9.17, 15) is 4.79 Å². The number of carbonyl (C=O) groups is 1. The van der Waals surface area contributed by atoms with Crippen molar-refractivity contribution < 1.29 is 51.6 Å². The number of carboxylic acids is 1. The topological polar surface area (TPSA) is 37.3 Å². The first kappa shape index (κ1) is 10.5. The van der Waals surface area contributed by atoms with E-state index in [0.29, 0.717) is 0 Å². The molecule has 0 spiro atoms. The van der Waals surface area contributed by atoms with Gasteiger partial charge in [0.15, 0.2) is 0 Å². The average molecular weight is 226 g/mol. The van der Waals surface area contributed by atoms with Gasteiger partial charge in [0, 0.05) is 47.3 Å². The van der Waals surface area contributed by atoms with E-state index < -0.39 is 5.97 Å². The second kappa shape index (κ2) is 4.74.